The monoisotopic (exact) mass is 530 g/mol. The number of anilines is 1. The van der Waals surface area contributed by atoms with Crippen LogP contribution in [-0.4, -0.2) is 21.2 Å². The number of hydrogen-bond acceptors (Lipinski definition) is 5. The van der Waals surface area contributed by atoms with Crippen LogP contribution in [0.1, 0.15) is 23.6 Å². The Balaban J connectivity index is 0.00000181. The van der Waals surface area contributed by atoms with Crippen LogP contribution < -0.4 is 68.9 Å². The number of hydrogen-bond donors (Lipinski definition) is 0. The van der Waals surface area contributed by atoms with Gasteiger partial charge < -0.3 is 9.88 Å². The van der Waals surface area contributed by atoms with Crippen LogP contribution in [0.4, 0.5) is 5.69 Å². The summed E-state index contributed by atoms with van der Waals surface area (Å²) in [6.07, 6.45) is 0.688. The number of nitrogens with zero attached hydrogens (tertiary/aromatic N) is 2. The molecule has 1 aliphatic rings. The molecular weight excluding hydrogens is 512 g/mol. The topological polar surface area (TPSA) is 82.8 Å². The third-order valence-corrected chi connectivity index (χ3v) is 6.40. The minimum Gasteiger partial charge on any atom is -0.560 e. The van der Waals surface area contributed by atoms with E-state index in [1.165, 1.54) is 12.1 Å². The number of methoxy groups -OCH3 is 1. The van der Waals surface area contributed by atoms with Gasteiger partial charge in [0.15, 0.2) is 0 Å². The fourth-order valence-corrected chi connectivity index (χ4v) is 4.21. The van der Waals surface area contributed by atoms with Crippen molar-refractivity contribution in [2.24, 2.45) is 5.10 Å². The van der Waals surface area contributed by atoms with E-state index in [0.29, 0.717) is 6.42 Å². The smallest absolute Gasteiger partial charge is 0.560 e. The Morgan fingerprint density at radius 2 is 1.69 bits per heavy atom. The summed E-state index contributed by atoms with van der Waals surface area (Å²) in [6.45, 7) is 0. The Kier molecular flexibility index (Phi) is 10.0. The normalized spacial score (nSPS) is 15.4. The summed E-state index contributed by atoms with van der Waals surface area (Å²) in [6, 6.07) is 22.1. The standard InChI is InChI=1S/C22H19BrN3O3S.2Na/c1-29-19-4-2-3-16(13-19)21-14-22(15-5-7-17(23)8-6-15)26(25-21)18-9-11-20(12-10-18)30(24,27)28;;/h2-13,22H,14H2,1H3,(H-,24,27,28);;/q-1;2*+1/t22-;;/m1../s1. The number of sulfonamides is 1. The van der Waals surface area contributed by atoms with E-state index in [1.54, 1.807) is 19.2 Å². The molecule has 0 aromatic heterocycles. The van der Waals surface area contributed by atoms with Crippen molar-refractivity contribution in [3.63, 3.8) is 0 Å². The molecule has 0 bridgehead atoms. The molecule has 3 aromatic carbocycles. The number of rotatable bonds is 5. The van der Waals surface area contributed by atoms with Crippen LogP contribution in [0.3, 0.4) is 0 Å². The van der Waals surface area contributed by atoms with E-state index in [-0.39, 0.29) is 70.1 Å². The zero-order valence-corrected chi connectivity index (χ0v) is 24.5. The van der Waals surface area contributed by atoms with Gasteiger partial charge in [-0.2, -0.15) is 5.10 Å². The summed E-state index contributed by atoms with van der Waals surface area (Å²) in [4.78, 5) is -0.0392. The Morgan fingerprint density at radius 3 is 2.28 bits per heavy atom. The van der Waals surface area contributed by atoms with Crippen molar-refractivity contribution in [1.29, 1.82) is 0 Å². The van der Waals surface area contributed by atoms with Crippen LogP contribution in [0.15, 0.2) is 87.3 Å². The van der Waals surface area contributed by atoms with Gasteiger partial charge in [0.2, 0.25) is 0 Å². The fourth-order valence-electron chi connectivity index (χ4n) is 3.45. The first-order chi connectivity index (χ1) is 14.3. The van der Waals surface area contributed by atoms with Crippen LogP contribution in [0, 0.1) is 0 Å². The molecule has 6 nitrogen and oxygen atoms in total. The Labute approximate surface area is 241 Å². The Bertz CT molecular complexity index is 1200. The maximum atomic E-state index is 11.5. The maximum absolute atomic E-state index is 11.5. The molecule has 0 fully saturated rings. The molecule has 0 saturated carbocycles. The zero-order chi connectivity index (χ0) is 21.3. The second-order valence-electron chi connectivity index (χ2n) is 6.89. The van der Waals surface area contributed by atoms with Gasteiger partial charge in [0, 0.05) is 21.4 Å². The number of nitrogens with one attached hydrogen (secondary N) is 1. The van der Waals surface area contributed by atoms with Crippen LogP contribution in [0.5, 0.6) is 5.75 Å². The van der Waals surface area contributed by atoms with Gasteiger partial charge in [-0.15, -0.1) is 0 Å². The summed E-state index contributed by atoms with van der Waals surface area (Å²) in [5, 5.41) is 14.0. The Hall–Kier alpha value is -0.680. The number of hydrazone groups is 1. The number of benzene rings is 3. The van der Waals surface area contributed by atoms with Crippen molar-refractivity contribution in [3.8, 4) is 5.75 Å². The average molecular weight is 531 g/mol. The molecule has 0 saturated heterocycles. The predicted octanol–water partition coefficient (Wildman–Crippen LogP) is -0.438. The molecule has 0 radical (unpaired) electrons. The molecule has 1 N–H and O–H groups in total. The summed E-state index contributed by atoms with van der Waals surface area (Å²) in [5.41, 5.74) is 3.74. The molecule has 1 aliphatic heterocycles. The quantitative estimate of drug-likeness (QED) is 0.419. The van der Waals surface area contributed by atoms with E-state index in [0.717, 1.165) is 32.7 Å². The van der Waals surface area contributed by atoms with Crippen molar-refractivity contribution in [1.82, 2.24) is 0 Å². The number of ether oxygens (including phenoxy) is 1. The molecule has 1 atom stereocenters. The molecule has 4 rings (SSSR count). The summed E-state index contributed by atoms with van der Waals surface area (Å²) < 4.78 is 29.3. The molecule has 32 heavy (non-hydrogen) atoms. The van der Waals surface area contributed by atoms with Gasteiger partial charge in [0.25, 0.3) is 0 Å². The molecule has 10 heteroatoms. The molecule has 0 unspecified atom stereocenters. The first kappa shape index (κ1) is 27.6. The van der Waals surface area contributed by atoms with Crippen LogP contribution in [0.2, 0.25) is 0 Å². The summed E-state index contributed by atoms with van der Waals surface area (Å²) in [7, 11) is -2.37. The molecule has 154 valence electrons. The first-order valence-corrected chi connectivity index (χ1v) is 11.5. The van der Waals surface area contributed by atoms with Gasteiger partial charge in [-0.3, -0.25) is 5.01 Å². The van der Waals surface area contributed by atoms with E-state index in [2.05, 4.69) is 28.1 Å². The summed E-state index contributed by atoms with van der Waals surface area (Å²) >= 11 is 3.47. The average Bonchev–Trinajstić information content (AvgIpc) is 3.19. The zero-order valence-electron chi connectivity index (χ0n) is 18.1. The second kappa shape index (κ2) is 11.6. The van der Waals surface area contributed by atoms with E-state index < -0.39 is 10.0 Å². The third-order valence-electron chi connectivity index (χ3n) is 4.98. The second-order valence-corrected chi connectivity index (χ2v) is 9.29. The molecule has 0 spiro atoms. The van der Waals surface area contributed by atoms with E-state index in [4.69, 9.17) is 15.0 Å². The van der Waals surface area contributed by atoms with Crippen LogP contribution in [0.25, 0.3) is 5.14 Å². The Morgan fingerprint density at radius 1 is 1.03 bits per heavy atom. The van der Waals surface area contributed by atoms with Crippen molar-refractivity contribution >= 4 is 37.4 Å². The van der Waals surface area contributed by atoms with Crippen molar-refractivity contribution < 1.29 is 72.3 Å². The van der Waals surface area contributed by atoms with Gasteiger partial charge in [-0.05, 0) is 54.1 Å². The minimum atomic E-state index is -4.00. The van der Waals surface area contributed by atoms with Crippen molar-refractivity contribution in [2.75, 3.05) is 12.1 Å². The van der Waals surface area contributed by atoms with E-state index in [9.17, 15) is 8.42 Å². The molecule has 0 aliphatic carbocycles. The first-order valence-electron chi connectivity index (χ1n) is 9.21. The SMILES string of the molecule is COc1cccc(C2=NN(c3ccc(S([NH-])(=O)=O)cc3)[C@@H](c3ccc(Br)cc3)C2)c1.[Na+].[Na+]. The molecule has 1 heterocycles. The van der Waals surface area contributed by atoms with Crippen molar-refractivity contribution in [3.05, 3.63) is 93.5 Å². The van der Waals surface area contributed by atoms with Gasteiger partial charge in [-0.25, -0.2) is 8.42 Å². The van der Waals surface area contributed by atoms with Crippen LogP contribution in [-0.2, 0) is 10.0 Å². The molecule has 3 aromatic rings. The predicted molar refractivity (Wildman–Crippen MR) is 121 cm³/mol. The van der Waals surface area contributed by atoms with E-state index >= 15 is 0 Å². The third kappa shape index (κ3) is 6.25. The largest absolute Gasteiger partial charge is 1.00 e. The van der Waals surface area contributed by atoms with Gasteiger partial charge >= 0.3 is 59.1 Å². The van der Waals surface area contributed by atoms with E-state index in [1.807, 2.05) is 41.4 Å². The maximum Gasteiger partial charge on any atom is 1.00 e. The number of halogens is 1. The van der Waals surface area contributed by atoms with Gasteiger partial charge in [-0.1, -0.05) is 40.2 Å². The van der Waals surface area contributed by atoms with Gasteiger partial charge in [0.1, 0.15) is 5.75 Å². The summed E-state index contributed by atoms with van der Waals surface area (Å²) in [5.74, 6) is 0.763. The minimum absolute atomic E-state index is 0. The molecule has 0 amide bonds. The van der Waals surface area contributed by atoms with Crippen molar-refractivity contribution in [2.45, 2.75) is 17.4 Å². The van der Waals surface area contributed by atoms with Crippen LogP contribution >= 0.6 is 15.9 Å². The van der Waals surface area contributed by atoms with Gasteiger partial charge in [0.05, 0.1) is 34.6 Å². The fraction of sp³-hybridized carbons (Fsp3) is 0.136. The molecular formula is C22H19BrN3Na2O3S+.